The predicted octanol–water partition coefficient (Wildman–Crippen LogP) is 1.49. The lowest BCUT2D eigenvalue weighted by molar-refractivity contribution is 0.0686. The molecule has 0 spiro atoms. The summed E-state index contributed by atoms with van der Waals surface area (Å²) in [6.07, 6.45) is 0. The molecule has 0 saturated carbocycles. The fourth-order valence-electron chi connectivity index (χ4n) is 1.39. The Balaban J connectivity index is 2.66. The molecule has 0 radical (unpaired) electrons. The second kappa shape index (κ2) is 4.50. The zero-order valence-electron chi connectivity index (χ0n) is 8.85. The highest BCUT2D eigenvalue weighted by molar-refractivity contribution is 6.30. The molecular weight excluding hydrogens is 260 g/mol. The molecule has 2 rings (SSSR count). The van der Waals surface area contributed by atoms with Crippen LogP contribution in [0.5, 0.6) is 5.75 Å². The van der Waals surface area contributed by atoms with Crippen molar-refractivity contribution in [2.45, 2.75) is 0 Å². The topological polar surface area (TPSA) is 103 Å². The van der Waals surface area contributed by atoms with Gasteiger partial charge in [0, 0.05) is 10.6 Å². The van der Waals surface area contributed by atoms with Gasteiger partial charge in [-0.15, -0.1) is 0 Å². The van der Waals surface area contributed by atoms with Crippen molar-refractivity contribution in [3.8, 4) is 17.1 Å². The summed E-state index contributed by atoms with van der Waals surface area (Å²) < 4.78 is 0. The third-order valence-corrected chi connectivity index (χ3v) is 2.43. The monoisotopic (exact) mass is 266 g/mol. The van der Waals surface area contributed by atoms with Crippen molar-refractivity contribution in [3.63, 3.8) is 0 Å². The molecule has 92 valence electrons. The van der Waals surface area contributed by atoms with E-state index in [9.17, 15) is 14.7 Å². The summed E-state index contributed by atoms with van der Waals surface area (Å²) in [6.45, 7) is 0. The molecule has 0 bridgehead atoms. The predicted molar refractivity (Wildman–Crippen MR) is 63.9 cm³/mol. The van der Waals surface area contributed by atoms with Gasteiger partial charge < -0.3 is 15.2 Å². The largest absolute Gasteiger partial charge is 0.501 e. The summed E-state index contributed by atoms with van der Waals surface area (Å²) in [4.78, 5) is 28.2. The molecule has 0 unspecified atom stereocenters. The molecule has 0 aliphatic rings. The zero-order chi connectivity index (χ0) is 13.3. The molecule has 6 nitrogen and oxygen atoms in total. The van der Waals surface area contributed by atoms with Gasteiger partial charge in [0.25, 0.3) is 5.56 Å². The molecule has 1 aromatic heterocycles. The van der Waals surface area contributed by atoms with Crippen LogP contribution in [0.2, 0.25) is 5.02 Å². The molecule has 3 N–H and O–H groups in total. The number of rotatable bonds is 2. The fraction of sp³-hybridized carbons (Fsp3) is 0. The van der Waals surface area contributed by atoms with Gasteiger partial charge in [0.2, 0.25) is 5.75 Å². The number of hydrogen-bond donors (Lipinski definition) is 3. The molecule has 2 aromatic rings. The van der Waals surface area contributed by atoms with Gasteiger partial charge in [-0.1, -0.05) is 23.7 Å². The molecule has 0 aliphatic heterocycles. The van der Waals surface area contributed by atoms with Crippen molar-refractivity contribution in [1.29, 1.82) is 0 Å². The first-order valence-corrected chi connectivity index (χ1v) is 5.19. The Morgan fingerprint density at radius 1 is 1.39 bits per heavy atom. The molecule has 1 heterocycles. The van der Waals surface area contributed by atoms with Crippen molar-refractivity contribution in [1.82, 2.24) is 9.97 Å². The molecule has 0 fully saturated rings. The van der Waals surface area contributed by atoms with E-state index in [1.807, 2.05) is 0 Å². The number of halogens is 1. The van der Waals surface area contributed by atoms with Crippen LogP contribution in [0.4, 0.5) is 0 Å². The fourth-order valence-corrected chi connectivity index (χ4v) is 1.58. The Bertz CT molecular complexity index is 681. The number of aromatic amines is 1. The van der Waals surface area contributed by atoms with Gasteiger partial charge in [-0.25, -0.2) is 9.78 Å². The third kappa shape index (κ3) is 2.18. The van der Waals surface area contributed by atoms with Gasteiger partial charge in [-0.05, 0) is 12.1 Å². The Labute approximate surface area is 106 Å². The van der Waals surface area contributed by atoms with Gasteiger partial charge in [-0.2, -0.15) is 0 Å². The van der Waals surface area contributed by atoms with Crippen LogP contribution in [0.1, 0.15) is 10.5 Å². The number of benzene rings is 1. The third-order valence-electron chi connectivity index (χ3n) is 2.20. The highest BCUT2D eigenvalue weighted by Gasteiger charge is 2.17. The van der Waals surface area contributed by atoms with Gasteiger partial charge >= 0.3 is 5.97 Å². The molecule has 0 aliphatic carbocycles. The molecular formula is C11H7ClN2O4. The van der Waals surface area contributed by atoms with Gasteiger partial charge in [0.15, 0.2) is 5.69 Å². The highest BCUT2D eigenvalue weighted by Crippen LogP contribution is 2.20. The molecule has 1 aromatic carbocycles. The van der Waals surface area contributed by atoms with Gasteiger partial charge in [0.05, 0.1) is 0 Å². The quantitative estimate of drug-likeness (QED) is 0.764. The number of aromatic nitrogens is 2. The van der Waals surface area contributed by atoms with E-state index in [1.54, 1.807) is 18.2 Å². The number of nitrogens with zero attached hydrogens (tertiary/aromatic N) is 1. The van der Waals surface area contributed by atoms with E-state index >= 15 is 0 Å². The van der Waals surface area contributed by atoms with E-state index in [2.05, 4.69) is 9.97 Å². The van der Waals surface area contributed by atoms with Crippen LogP contribution in [0.25, 0.3) is 11.4 Å². The minimum absolute atomic E-state index is 0.0256. The molecule has 7 heteroatoms. The van der Waals surface area contributed by atoms with Crippen LogP contribution in [-0.2, 0) is 0 Å². The Hall–Kier alpha value is -2.34. The first kappa shape index (κ1) is 12.1. The summed E-state index contributed by atoms with van der Waals surface area (Å²) in [7, 11) is 0. The standard InChI is InChI=1S/C11H7ClN2O4/c12-6-3-1-2-5(4-6)9-13-7(11(17)18)8(15)10(16)14-9/h1-4,15H,(H,17,18)(H,13,14,16). The maximum Gasteiger partial charge on any atom is 0.358 e. The van der Waals surface area contributed by atoms with Crippen molar-refractivity contribution < 1.29 is 15.0 Å². The Morgan fingerprint density at radius 2 is 2.11 bits per heavy atom. The van der Waals surface area contributed by atoms with Crippen molar-refractivity contribution in [2.75, 3.05) is 0 Å². The van der Waals surface area contributed by atoms with Gasteiger partial charge in [-0.3, -0.25) is 4.79 Å². The van der Waals surface area contributed by atoms with E-state index in [4.69, 9.17) is 16.7 Å². The minimum atomic E-state index is -1.48. The van der Waals surface area contributed by atoms with Crippen molar-refractivity contribution >= 4 is 17.6 Å². The molecule has 18 heavy (non-hydrogen) atoms. The van der Waals surface area contributed by atoms with Crippen LogP contribution in [0.3, 0.4) is 0 Å². The first-order valence-electron chi connectivity index (χ1n) is 4.81. The number of aromatic hydroxyl groups is 1. The molecule has 0 amide bonds. The Kier molecular flexibility index (Phi) is 3.03. The second-order valence-corrected chi connectivity index (χ2v) is 3.86. The summed E-state index contributed by atoms with van der Waals surface area (Å²) in [5, 5.41) is 18.5. The van der Waals surface area contributed by atoms with E-state index in [0.29, 0.717) is 10.6 Å². The smallest absolute Gasteiger partial charge is 0.358 e. The number of carbonyl (C=O) groups is 1. The van der Waals surface area contributed by atoms with Crippen LogP contribution in [0.15, 0.2) is 29.1 Å². The summed E-state index contributed by atoms with van der Waals surface area (Å²) in [5.41, 5.74) is -1.17. The van der Waals surface area contributed by atoms with Crippen molar-refractivity contribution in [3.05, 3.63) is 45.3 Å². The maximum atomic E-state index is 11.4. The highest BCUT2D eigenvalue weighted by atomic mass is 35.5. The Morgan fingerprint density at radius 3 is 2.72 bits per heavy atom. The lowest BCUT2D eigenvalue weighted by Crippen LogP contribution is -2.15. The average Bonchev–Trinajstić information content (AvgIpc) is 2.32. The first-order chi connectivity index (χ1) is 8.49. The number of hydrogen-bond acceptors (Lipinski definition) is 4. The number of carboxylic acids is 1. The number of H-pyrrole nitrogens is 1. The maximum absolute atomic E-state index is 11.4. The zero-order valence-corrected chi connectivity index (χ0v) is 9.60. The lowest BCUT2D eigenvalue weighted by Gasteiger charge is -2.04. The van der Waals surface area contributed by atoms with Crippen LogP contribution in [0, 0.1) is 0 Å². The van der Waals surface area contributed by atoms with Crippen LogP contribution in [-0.4, -0.2) is 26.2 Å². The number of aromatic carboxylic acids is 1. The van der Waals surface area contributed by atoms with Crippen LogP contribution < -0.4 is 5.56 Å². The molecule has 0 atom stereocenters. The van der Waals surface area contributed by atoms with E-state index < -0.39 is 23.0 Å². The molecule has 0 saturated heterocycles. The number of nitrogens with one attached hydrogen (secondary N) is 1. The van der Waals surface area contributed by atoms with E-state index in [-0.39, 0.29) is 5.82 Å². The van der Waals surface area contributed by atoms with Crippen molar-refractivity contribution in [2.24, 2.45) is 0 Å². The summed E-state index contributed by atoms with van der Waals surface area (Å²) in [6, 6.07) is 6.38. The normalized spacial score (nSPS) is 10.3. The SMILES string of the molecule is O=C(O)c1nc(-c2cccc(Cl)c2)[nH]c(=O)c1O. The average molecular weight is 267 g/mol. The van der Waals surface area contributed by atoms with Crippen LogP contribution >= 0.6 is 11.6 Å². The summed E-state index contributed by atoms with van der Waals surface area (Å²) in [5.74, 6) is -2.38. The number of carboxylic acid groups (broad SMARTS) is 1. The van der Waals surface area contributed by atoms with E-state index in [1.165, 1.54) is 6.07 Å². The van der Waals surface area contributed by atoms with Gasteiger partial charge in [0.1, 0.15) is 5.82 Å². The minimum Gasteiger partial charge on any atom is -0.501 e. The second-order valence-electron chi connectivity index (χ2n) is 3.43. The van der Waals surface area contributed by atoms with E-state index in [0.717, 1.165) is 0 Å². The summed E-state index contributed by atoms with van der Waals surface area (Å²) >= 11 is 5.78. The lowest BCUT2D eigenvalue weighted by atomic mass is 10.2.